The summed E-state index contributed by atoms with van der Waals surface area (Å²) in [6, 6.07) is 14.4. The second-order valence-electron chi connectivity index (χ2n) is 10.3. The number of hydrogen-bond donors (Lipinski definition) is 2. The van der Waals surface area contributed by atoms with Crippen molar-refractivity contribution in [2.75, 3.05) is 0 Å². The van der Waals surface area contributed by atoms with E-state index >= 15 is 0 Å². The molecule has 1 spiro atoms. The molecule has 8 heteroatoms. The summed E-state index contributed by atoms with van der Waals surface area (Å²) in [5.74, 6) is -1.14. The van der Waals surface area contributed by atoms with E-state index in [-0.39, 0.29) is 30.2 Å². The van der Waals surface area contributed by atoms with Gasteiger partial charge < -0.3 is 20.1 Å². The molecule has 3 fully saturated rings. The zero-order valence-corrected chi connectivity index (χ0v) is 20.1. The van der Waals surface area contributed by atoms with Crippen LogP contribution in [0.25, 0.3) is 0 Å². The summed E-state index contributed by atoms with van der Waals surface area (Å²) >= 11 is 0. The highest BCUT2D eigenvalue weighted by Gasteiger charge is 2.69. The van der Waals surface area contributed by atoms with Gasteiger partial charge in [-0.2, -0.15) is 8.78 Å². The number of likely N-dealkylation sites (tertiary alicyclic amines) is 1. The van der Waals surface area contributed by atoms with E-state index in [0.717, 1.165) is 37.7 Å². The first-order chi connectivity index (χ1) is 17.4. The van der Waals surface area contributed by atoms with Crippen molar-refractivity contribution in [3.63, 3.8) is 0 Å². The van der Waals surface area contributed by atoms with Gasteiger partial charge in [-0.3, -0.25) is 4.79 Å². The van der Waals surface area contributed by atoms with Gasteiger partial charge in [0.2, 0.25) is 5.91 Å². The van der Waals surface area contributed by atoms with Gasteiger partial charge in [0, 0.05) is 29.5 Å². The fourth-order valence-electron chi connectivity index (χ4n) is 6.40. The molecule has 0 radical (unpaired) electrons. The van der Waals surface area contributed by atoms with Gasteiger partial charge in [-0.05, 0) is 37.3 Å². The largest absolute Gasteiger partial charge is 0.480 e. The van der Waals surface area contributed by atoms with Crippen LogP contribution in [0.1, 0.15) is 62.1 Å². The minimum Gasteiger partial charge on any atom is -0.480 e. The second kappa shape index (κ2) is 10.2. The van der Waals surface area contributed by atoms with Gasteiger partial charge in [-0.25, -0.2) is 4.79 Å². The van der Waals surface area contributed by atoms with E-state index in [1.807, 2.05) is 30.3 Å². The SMILES string of the molecule is O=C(O)C1N(C(=O)C2CCCCC2)C(c2ccccc2)C(NCc2ccccc2OC(F)F)C12CC2. The molecule has 2 aromatic carbocycles. The summed E-state index contributed by atoms with van der Waals surface area (Å²) < 4.78 is 30.6. The summed E-state index contributed by atoms with van der Waals surface area (Å²) in [7, 11) is 0. The lowest BCUT2D eigenvalue weighted by Crippen LogP contribution is -2.47. The normalized spacial score (nSPS) is 25.3. The fraction of sp³-hybridized carbons (Fsp3) is 0.500. The van der Waals surface area contributed by atoms with Crippen molar-refractivity contribution in [2.45, 2.75) is 76.2 Å². The Labute approximate surface area is 209 Å². The number of alkyl halides is 2. The van der Waals surface area contributed by atoms with E-state index in [0.29, 0.717) is 18.4 Å². The Morgan fingerprint density at radius 1 is 1.03 bits per heavy atom. The molecule has 6 nitrogen and oxygen atoms in total. The summed E-state index contributed by atoms with van der Waals surface area (Å²) in [6.45, 7) is -2.72. The van der Waals surface area contributed by atoms with E-state index in [1.165, 1.54) is 6.07 Å². The second-order valence-corrected chi connectivity index (χ2v) is 10.3. The number of rotatable bonds is 8. The molecule has 0 bridgehead atoms. The Kier molecular flexibility index (Phi) is 6.97. The third kappa shape index (κ3) is 4.59. The zero-order chi connectivity index (χ0) is 25.3. The number of nitrogens with one attached hydrogen (secondary N) is 1. The maximum Gasteiger partial charge on any atom is 0.387 e. The average Bonchev–Trinajstić information content (AvgIpc) is 3.61. The number of carbonyl (C=O) groups excluding carboxylic acids is 1. The van der Waals surface area contributed by atoms with Crippen LogP contribution in [0.4, 0.5) is 8.78 Å². The third-order valence-electron chi connectivity index (χ3n) is 8.17. The lowest BCUT2D eigenvalue weighted by molar-refractivity contribution is -0.153. The van der Waals surface area contributed by atoms with Crippen molar-refractivity contribution < 1.29 is 28.2 Å². The molecule has 1 saturated heterocycles. The van der Waals surface area contributed by atoms with Crippen LogP contribution in [0.5, 0.6) is 5.75 Å². The van der Waals surface area contributed by atoms with Gasteiger partial charge in [0.05, 0.1) is 6.04 Å². The Hall–Kier alpha value is -3.00. The maximum atomic E-state index is 13.9. The number of carbonyl (C=O) groups is 2. The smallest absolute Gasteiger partial charge is 0.387 e. The standard InChI is InChI=1S/C28H32F2N2O4/c29-27(30)36-21-14-8-7-13-20(21)17-31-23-22(18-9-3-1-4-10-18)32(24(26(34)35)28(23)15-16-28)25(33)19-11-5-2-6-12-19/h1,3-4,7-10,13-14,19,22-24,27,31H,2,5-6,11-12,15-17H2,(H,34,35). The number of aliphatic carboxylic acids is 1. The molecule has 3 atom stereocenters. The molecule has 192 valence electrons. The number of carboxylic acids is 1. The Balaban J connectivity index is 1.51. The van der Waals surface area contributed by atoms with Gasteiger partial charge >= 0.3 is 12.6 Å². The van der Waals surface area contributed by atoms with E-state index in [1.54, 1.807) is 23.1 Å². The number of benzene rings is 2. The molecule has 1 heterocycles. The molecule has 1 aliphatic heterocycles. The summed E-state index contributed by atoms with van der Waals surface area (Å²) in [6.07, 6.45) is 6.00. The highest BCUT2D eigenvalue weighted by atomic mass is 19.3. The van der Waals surface area contributed by atoms with E-state index in [9.17, 15) is 23.5 Å². The number of carboxylic acid groups (broad SMARTS) is 1. The summed E-state index contributed by atoms with van der Waals surface area (Å²) in [5.41, 5.74) is 0.838. The van der Waals surface area contributed by atoms with Crippen LogP contribution >= 0.6 is 0 Å². The minimum atomic E-state index is -2.94. The van der Waals surface area contributed by atoms with E-state index in [4.69, 9.17) is 4.74 Å². The number of halogens is 2. The first-order valence-electron chi connectivity index (χ1n) is 12.8. The highest BCUT2D eigenvalue weighted by molar-refractivity contribution is 5.88. The lowest BCUT2D eigenvalue weighted by Gasteiger charge is -2.34. The Morgan fingerprint density at radius 2 is 1.69 bits per heavy atom. The first-order valence-corrected chi connectivity index (χ1v) is 12.8. The Morgan fingerprint density at radius 3 is 2.33 bits per heavy atom. The molecule has 5 rings (SSSR count). The fourth-order valence-corrected chi connectivity index (χ4v) is 6.40. The maximum absolute atomic E-state index is 13.9. The van der Waals surface area contributed by atoms with Crippen molar-refractivity contribution in [3.8, 4) is 5.75 Å². The number of para-hydroxylation sites is 1. The van der Waals surface area contributed by atoms with Gasteiger partial charge in [-0.15, -0.1) is 0 Å². The molecule has 2 N–H and O–H groups in total. The van der Waals surface area contributed by atoms with Crippen LogP contribution in [0.2, 0.25) is 0 Å². The minimum absolute atomic E-state index is 0.0760. The molecule has 1 amide bonds. The molecular formula is C28H32F2N2O4. The highest BCUT2D eigenvalue weighted by Crippen LogP contribution is 2.63. The predicted molar refractivity (Wildman–Crippen MR) is 129 cm³/mol. The van der Waals surface area contributed by atoms with Crippen LogP contribution in [0.3, 0.4) is 0 Å². The van der Waals surface area contributed by atoms with E-state index < -0.39 is 30.1 Å². The number of nitrogens with zero attached hydrogens (tertiary/aromatic N) is 1. The van der Waals surface area contributed by atoms with Gasteiger partial charge in [-0.1, -0.05) is 67.8 Å². The van der Waals surface area contributed by atoms with Crippen LogP contribution < -0.4 is 10.1 Å². The monoisotopic (exact) mass is 498 g/mol. The van der Waals surface area contributed by atoms with Crippen molar-refractivity contribution >= 4 is 11.9 Å². The van der Waals surface area contributed by atoms with E-state index in [2.05, 4.69) is 5.32 Å². The van der Waals surface area contributed by atoms with Crippen LogP contribution in [0.15, 0.2) is 54.6 Å². The average molecular weight is 499 g/mol. The molecule has 3 unspecified atom stereocenters. The number of amides is 1. The van der Waals surface area contributed by atoms with Gasteiger partial charge in [0.25, 0.3) is 0 Å². The quantitative estimate of drug-likeness (QED) is 0.527. The van der Waals surface area contributed by atoms with Gasteiger partial charge in [0.1, 0.15) is 11.8 Å². The van der Waals surface area contributed by atoms with Crippen LogP contribution in [0, 0.1) is 11.3 Å². The third-order valence-corrected chi connectivity index (χ3v) is 8.17. The molecule has 36 heavy (non-hydrogen) atoms. The molecular weight excluding hydrogens is 466 g/mol. The summed E-state index contributed by atoms with van der Waals surface area (Å²) in [5, 5.41) is 13.9. The van der Waals surface area contributed by atoms with Gasteiger partial charge in [0.15, 0.2) is 0 Å². The van der Waals surface area contributed by atoms with Crippen molar-refractivity contribution in [2.24, 2.45) is 11.3 Å². The number of hydrogen-bond acceptors (Lipinski definition) is 4. The number of ether oxygens (including phenoxy) is 1. The molecule has 0 aromatic heterocycles. The van der Waals surface area contributed by atoms with Crippen LogP contribution in [-0.2, 0) is 16.1 Å². The Bertz CT molecular complexity index is 1090. The molecule has 2 aromatic rings. The molecule has 2 aliphatic carbocycles. The molecule has 3 aliphatic rings. The first kappa shape index (κ1) is 24.7. The van der Waals surface area contributed by atoms with Crippen molar-refractivity contribution in [1.29, 1.82) is 0 Å². The van der Waals surface area contributed by atoms with Crippen LogP contribution in [-0.4, -0.2) is 40.6 Å². The lowest BCUT2D eigenvalue weighted by atomic mass is 9.87. The predicted octanol–water partition coefficient (Wildman–Crippen LogP) is 5.14. The molecule has 2 saturated carbocycles. The van der Waals surface area contributed by atoms with Crippen molar-refractivity contribution in [1.82, 2.24) is 10.2 Å². The zero-order valence-electron chi connectivity index (χ0n) is 20.1. The summed E-state index contributed by atoms with van der Waals surface area (Å²) in [4.78, 5) is 28.3. The topological polar surface area (TPSA) is 78.9 Å². The van der Waals surface area contributed by atoms with Crippen molar-refractivity contribution in [3.05, 3.63) is 65.7 Å².